The van der Waals surface area contributed by atoms with Gasteiger partial charge in [0.2, 0.25) is 0 Å². The number of esters is 1. The van der Waals surface area contributed by atoms with Gasteiger partial charge in [0.05, 0.1) is 6.61 Å². The fourth-order valence-electron chi connectivity index (χ4n) is 0.990. The highest BCUT2D eigenvalue weighted by Crippen LogP contribution is 2.42. The highest BCUT2D eigenvalue weighted by molar-refractivity contribution is 7.47. The summed E-state index contributed by atoms with van der Waals surface area (Å²) in [4.78, 5) is 11.3. The van der Waals surface area contributed by atoms with Crippen LogP contribution < -0.4 is 0 Å². The zero-order valence-electron chi connectivity index (χ0n) is 10.4. The van der Waals surface area contributed by atoms with Crippen LogP contribution in [0.2, 0.25) is 0 Å². The first-order valence-electron chi connectivity index (χ1n) is 4.88. The van der Waals surface area contributed by atoms with Crippen molar-refractivity contribution in [2.75, 3.05) is 34.8 Å². The van der Waals surface area contributed by atoms with Crippen molar-refractivity contribution in [1.29, 1.82) is 0 Å². The minimum absolute atomic E-state index is 0.311. The van der Waals surface area contributed by atoms with E-state index in [1.807, 2.05) is 37.5 Å². The van der Waals surface area contributed by atoms with E-state index in [1.54, 1.807) is 13.8 Å². The maximum Gasteiger partial charge on any atom is 0.335 e. The molecule has 6 heteroatoms. The highest BCUT2D eigenvalue weighted by atomic mass is 31.2. The Labute approximate surface area is 93.3 Å². The molecular weight excluding hydrogens is 215 g/mol. The molecule has 5 nitrogen and oxygen atoms in total. The molecule has 90 valence electrons. The van der Waals surface area contributed by atoms with Gasteiger partial charge in [0.25, 0.3) is 0 Å². The first kappa shape index (κ1) is 14.8. The molecule has 0 amide bonds. The molecule has 0 aromatic rings. The molecular formula is C9H21N2O3P. The van der Waals surface area contributed by atoms with Crippen LogP contribution in [0.25, 0.3) is 0 Å². The molecule has 0 saturated carbocycles. The molecule has 15 heavy (non-hydrogen) atoms. The smallest absolute Gasteiger partial charge is 0.335 e. The fraction of sp³-hybridized carbons (Fsp3) is 0.889. The van der Waals surface area contributed by atoms with Crippen molar-refractivity contribution in [3.8, 4) is 0 Å². The number of nitrogens with zero attached hydrogens (tertiary/aromatic N) is 2. The van der Waals surface area contributed by atoms with Crippen molar-refractivity contribution in [2.24, 2.45) is 0 Å². The third-order valence-electron chi connectivity index (χ3n) is 1.56. The summed E-state index contributed by atoms with van der Waals surface area (Å²) in [6.45, 7) is 3.88. The van der Waals surface area contributed by atoms with Gasteiger partial charge in [-0.25, -0.2) is 4.79 Å². The molecule has 0 rings (SSSR count). The first-order valence-corrected chi connectivity index (χ1v) is 6.04. The van der Waals surface area contributed by atoms with Gasteiger partial charge in [-0.05, 0) is 42.0 Å². The van der Waals surface area contributed by atoms with Gasteiger partial charge in [-0.3, -0.25) is 9.34 Å². The SMILES string of the molecule is CCOC(=O)C(C)OP(N(C)C)N(C)C. The Morgan fingerprint density at radius 2 is 1.73 bits per heavy atom. The normalized spacial score (nSPS) is 13.7. The minimum Gasteiger partial charge on any atom is -0.464 e. The highest BCUT2D eigenvalue weighted by Gasteiger charge is 2.23. The number of hydrogen-bond acceptors (Lipinski definition) is 5. The molecule has 0 spiro atoms. The molecule has 0 saturated heterocycles. The van der Waals surface area contributed by atoms with Crippen molar-refractivity contribution < 1.29 is 14.1 Å². The van der Waals surface area contributed by atoms with E-state index in [4.69, 9.17) is 9.26 Å². The van der Waals surface area contributed by atoms with Gasteiger partial charge in [0.1, 0.15) is 0 Å². The molecule has 0 aliphatic carbocycles. The van der Waals surface area contributed by atoms with E-state index >= 15 is 0 Å². The van der Waals surface area contributed by atoms with Gasteiger partial charge in [0.15, 0.2) is 14.6 Å². The summed E-state index contributed by atoms with van der Waals surface area (Å²) in [6.07, 6.45) is -0.527. The van der Waals surface area contributed by atoms with Crippen LogP contribution in [-0.4, -0.2) is 56.2 Å². The lowest BCUT2D eigenvalue weighted by atomic mass is 10.4. The fourth-order valence-corrected chi connectivity index (χ4v) is 2.45. The maximum absolute atomic E-state index is 11.3. The van der Waals surface area contributed by atoms with Crippen molar-refractivity contribution >= 4 is 14.4 Å². The van der Waals surface area contributed by atoms with E-state index in [9.17, 15) is 4.79 Å². The average molecular weight is 236 g/mol. The molecule has 0 N–H and O–H groups in total. The van der Waals surface area contributed by atoms with Crippen LogP contribution >= 0.6 is 8.45 Å². The molecule has 0 aromatic heterocycles. The predicted octanol–water partition coefficient (Wildman–Crippen LogP) is 1.30. The zero-order valence-corrected chi connectivity index (χ0v) is 11.2. The third-order valence-corrected chi connectivity index (χ3v) is 3.43. The summed E-state index contributed by atoms with van der Waals surface area (Å²) in [6, 6.07) is 0. The lowest BCUT2D eigenvalue weighted by Gasteiger charge is -2.30. The van der Waals surface area contributed by atoms with E-state index in [2.05, 4.69) is 0 Å². The lowest BCUT2D eigenvalue weighted by molar-refractivity contribution is -0.150. The van der Waals surface area contributed by atoms with Gasteiger partial charge in [0, 0.05) is 0 Å². The summed E-state index contributed by atoms with van der Waals surface area (Å²) >= 11 is 0. The van der Waals surface area contributed by atoms with Gasteiger partial charge in [-0.1, -0.05) is 0 Å². The van der Waals surface area contributed by atoms with Crippen molar-refractivity contribution in [2.45, 2.75) is 20.0 Å². The summed E-state index contributed by atoms with van der Waals surface area (Å²) in [7, 11) is 6.79. The number of hydrogen-bond donors (Lipinski definition) is 0. The monoisotopic (exact) mass is 236 g/mol. The van der Waals surface area contributed by atoms with Crippen molar-refractivity contribution in [3.05, 3.63) is 0 Å². The molecule has 0 radical (unpaired) electrons. The standard InChI is InChI=1S/C9H21N2O3P/c1-7-13-9(12)8(2)14-15(10(3)4)11(5)6/h8H,7H2,1-6H3. The Kier molecular flexibility index (Phi) is 7.02. The van der Waals surface area contributed by atoms with Crippen molar-refractivity contribution in [3.63, 3.8) is 0 Å². The maximum atomic E-state index is 11.3. The van der Waals surface area contributed by atoms with E-state index in [-0.39, 0.29) is 5.97 Å². The third kappa shape index (κ3) is 5.42. The molecule has 1 atom stereocenters. The van der Waals surface area contributed by atoms with Gasteiger partial charge in [-0.15, -0.1) is 0 Å². The van der Waals surface area contributed by atoms with Crippen LogP contribution in [0.15, 0.2) is 0 Å². The second kappa shape index (κ2) is 7.12. The Bertz CT molecular complexity index is 192. The van der Waals surface area contributed by atoms with Crippen LogP contribution in [-0.2, 0) is 14.1 Å². The van der Waals surface area contributed by atoms with Crippen LogP contribution in [0.3, 0.4) is 0 Å². The summed E-state index contributed by atoms with van der Waals surface area (Å²) in [5.74, 6) is -0.311. The summed E-state index contributed by atoms with van der Waals surface area (Å²) in [5, 5.41) is 0. The van der Waals surface area contributed by atoms with Crippen LogP contribution in [0.5, 0.6) is 0 Å². The van der Waals surface area contributed by atoms with E-state index in [0.717, 1.165) is 0 Å². The summed E-state index contributed by atoms with van der Waals surface area (Å²) < 4.78 is 14.4. The summed E-state index contributed by atoms with van der Waals surface area (Å²) in [5.41, 5.74) is 0. The number of carbonyl (C=O) groups excluding carboxylic acids is 1. The molecule has 0 bridgehead atoms. The Morgan fingerprint density at radius 3 is 2.07 bits per heavy atom. The largest absolute Gasteiger partial charge is 0.464 e. The van der Waals surface area contributed by atoms with E-state index < -0.39 is 14.6 Å². The zero-order chi connectivity index (χ0) is 12.0. The Hall–Kier alpha value is -0.220. The first-order chi connectivity index (χ1) is 6.90. The van der Waals surface area contributed by atoms with Crippen LogP contribution in [0, 0.1) is 0 Å². The molecule has 0 aliphatic heterocycles. The molecule has 0 fully saturated rings. The number of ether oxygens (including phenoxy) is 1. The Morgan fingerprint density at radius 1 is 1.27 bits per heavy atom. The minimum atomic E-state index is -0.895. The average Bonchev–Trinajstić information content (AvgIpc) is 2.12. The Balaban J connectivity index is 4.22. The molecule has 1 unspecified atom stereocenters. The molecule has 0 heterocycles. The molecule has 0 aliphatic rings. The number of carbonyl (C=O) groups is 1. The quantitative estimate of drug-likeness (QED) is 0.513. The molecule has 0 aromatic carbocycles. The van der Waals surface area contributed by atoms with E-state index in [1.165, 1.54) is 0 Å². The van der Waals surface area contributed by atoms with Gasteiger partial charge >= 0.3 is 5.97 Å². The van der Waals surface area contributed by atoms with Crippen LogP contribution in [0.1, 0.15) is 13.8 Å². The van der Waals surface area contributed by atoms with E-state index in [0.29, 0.717) is 6.61 Å². The number of rotatable bonds is 6. The van der Waals surface area contributed by atoms with Crippen LogP contribution in [0.4, 0.5) is 0 Å². The van der Waals surface area contributed by atoms with Gasteiger partial charge < -0.3 is 9.26 Å². The second-order valence-corrected chi connectivity index (χ2v) is 5.76. The van der Waals surface area contributed by atoms with Gasteiger partial charge in [-0.2, -0.15) is 0 Å². The predicted molar refractivity (Wildman–Crippen MR) is 61.5 cm³/mol. The topological polar surface area (TPSA) is 42.0 Å². The lowest BCUT2D eigenvalue weighted by Crippen LogP contribution is -2.27. The van der Waals surface area contributed by atoms with Crippen molar-refractivity contribution in [1.82, 2.24) is 9.34 Å². The second-order valence-electron chi connectivity index (χ2n) is 3.45.